The number of amides is 2. The predicted molar refractivity (Wildman–Crippen MR) is 179 cm³/mol. The van der Waals surface area contributed by atoms with Gasteiger partial charge in [0.15, 0.2) is 9.84 Å². The molecular weight excluding hydrogens is 724 g/mol. The number of hydrogen-bond donors (Lipinski definition) is 1. The van der Waals surface area contributed by atoms with Gasteiger partial charge in [-0.25, -0.2) is 13.2 Å². The Bertz CT molecular complexity index is 2200. The zero-order valence-electron chi connectivity index (χ0n) is 27.5. The van der Waals surface area contributed by atoms with E-state index in [0.29, 0.717) is 23.8 Å². The van der Waals surface area contributed by atoms with Crippen molar-refractivity contribution >= 4 is 27.5 Å². The summed E-state index contributed by atoms with van der Waals surface area (Å²) in [5.74, 6) is -1.20. The minimum absolute atomic E-state index is 0.0163. The molecule has 0 bridgehead atoms. The van der Waals surface area contributed by atoms with E-state index in [-0.39, 0.29) is 46.9 Å². The molecule has 3 aliphatic rings. The molecule has 0 spiro atoms. The molecule has 274 valence electrons. The van der Waals surface area contributed by atoms with Crippen molar-refractivity contribution in [1.82, 2.24) is 4.90 Å². The summed E-state index contributed by atoms with van der Waals surface area (Å²) in [4.78, 5) is 28.8. The van der Waals surface area contributed by atoms with Crippen LogP contribution in [0.15, 0.2) is 95.9 Å². The number of ether oxygens (including phenoxy) is 1. The van der Waals surface area contributed by atoms with Crippen LogP contribution in [0.25, 0.3) is 11.1 Å². The number of carbonyl (C=O) groups is 2. The van der Waals surface area contributed by atoms with Crippen LogP contribution < -0.4 is 5.32 Å². The van der Waals surface area contributed by atoms with Crippen LogP contribution in [0, 0.1) is 17.2 Å². The van der Waals surface area contributed by atoms with Crippen molar-refractivity contribution < 1.29 is 49.1 Å². The zero-order chi connectivity index (χ0) is 37.9. The molecule has 1 N–H and O–H groups in total. The van der Waals surface area contributed by atoms with Gasteiger partial charge in [0.1, 0.15) is 12.6 Å². The lowest BCUT2D eigenvalue weighted by atomic mass is 9.80. The number of alkyl halides is 6. The number of fused-ring (bicyclic) bond motifs is 4. The fraction of sp³-hybridized carbons (Fsp3) is 0.289. The summed E-state index contributed by atoms with van der Waals surface area (Å²) < 4.78 is 114. The molecule has 8 nitrogen and oxygen atoms in total. The number of nitrogens with one attached hydrogen (secondary N) is 1. The summed E-state index contributed by atoms with van der Waals surface area (Å²) in [5, 5.41) is 11.5. The van der Waals surface area contributed by atoms with Crippen molar-refractivity contribution in [2.75, 3.05) is 17.7 Å². The second-order valence-electron chi connectivity index (χ2n) is 13.3. The van der Waals surface area contributed by atoms with E-state index in [2.05, 4.69) is 5.32 Å². The predicted octanol–water partition coefficient (Wildman–Crippen LogP) is 8.20. The number of carbonyl (C=O) groups excluding carboxylic acids is 2. The quantitative estimate of drug-likeness (QED) is 0.182. The summed E-state index contributed by atoms with van der Waals surface area (Å²) in [6.07, 6.45) is -11.3. The van der Waals surface area contributed by atoms with Gasteiger partial charge >= 0.3 is 18.4 Å². The largest absolute Gasteiger partial charge is 0.448 e. The van der Waals surface area contributed by atoms with Gasteiger partial charge in [0.25, 0.3) is 11.3 Å². The van der Waals surface area contributed by atoms with Crippen molar-refractivity contribution in [3.8, 4) is 17.2 Å². The molecule has 1 aliphatic heterocycles. The maximum absolute atomic E-state index is 13.9. The number of benzene rings is 4. The van der Waals surface area contributed by atoms with Crippen LogP contribution in [-0.2, 0) is 31.3 Å². The van der Waals surface area contributed by atoms with Crippen molar-refractivity contribution in [2.45, 2.75) is 54.0 Å². The number of sulfone groups is 1. The SMILES string of the molecule is N#CC(c1ccc(NC(=O)C2c3ccc(S(=O)(=O)CC4CC4)cc3CN2C(=O)OCC2c3ccccc3-c3ccccc32)cc1)(C(F)(F)F)C(F)(F)F. The highest BCUT2D eigenvalue weighted by atomic mass is 32.2. The van der Waals surface area contributed by atoms with Crippen LogP contribution in [0.5, 0.6) is 0 Å². The minimum atomic E-state index is -6.01. The van der Waals surface area contributed by atoms with Gasteiger partial charge in [0.05, 0.1) is 23.3 Å². The fourth-order valence-electron chi connectivity index (χ4n) is 7.14. The van der Waals surface area contributed by atoms with Crippen LogP contribution in [0.4, 0.5) is 36.8 Å². The first-order valence-corrected chi connectivity index (χ1v) is 18.1. The average Bonchev–Trinajstić information content (AvgIpc) is 3.73. The number of rotatable bonds is 8. The highest BCUT2D eigenvalue weighted by Crippen LogP contribution is 2.52. The van der Waals surface area contributed by atoms with E-state index in [1.165, 1.54) is 18.2 Å². The highest BCUT2D eigenvalue weighted by Gasteiger charge is 2.72. The lowest BCUT2D eigenvalue weighted by molar-refractivity contribution is -0.283. The molecule has 1 heterocycles. The molecule has 7 rings (SSSR count). The Morgan fingerprint density at radius 1 is 0.830 bits per heavy atom. The molecule has 53 heavy (non-hydrogen) atoms. The van der Waals surface area contributed by atoms with Crippen molar-refractivity contribution in [2.24, 2.45) is 5.92 Å². The number of nitrogens with zero attached hydrogens (tertiary/aromatic N) is 2. The van der Waals surface area contributed by atoms with E-state index in [1.54, 1.807) is 0 Å². The standard InChI is InChI=1S/C38H29F6N3O5S/c39-37(40,41)36(21-45,38(42,43)44)24-11-13-25(14-12-24)46-34(48)33-27-16-15-26(53(50,51)20-22-9-10-22)17-23(27)18-47(33)35(49)52-19-32-30-7-3-1-5-28(30)29-6-2-4-8-31(29)32/h1-8,11-17,22,32-33H,9-10,18-20H2,(H,46,48). The van der Waals surface area contributed by atoms with Gasteiger partial charge in [0.2, 0.25) is 0 Å². The molecule has 1 atom stereocenters. The average molecular weight is 754 g/mol. The van der Waals surface area contributed by atoms with E-state index >= 15 is 0 Å². The minimum Gasteiger partial charge on any atom is -0.448 e. The molecule has 15 heteroatoms. The molecule has 1 unspecified atom stereocenters. The topological polar surface area (TPSA) is 117 Å². The lowest BCUT2D eigenvalue weighted by Crippen LogP contribution is -2.52. The van der Waals surface area contributed by atoms with Crippen molar-refractivity contribution in [1.29, 1.82) is 5.26 Å². The van der Waals surface area contributed by atoms with E-state index in [1.807, 2.05) is 48.5 Å². The summed E-state index contributed by atoms with van der Waals surface area (Å²) in [6, 6.07) is 20.9. The van der Waals surface area contributed by atoms with E-state index < -0.39 is 51.2 Å². The molecule has 0 radical (unpaired) electrons. The third kappa shape index (κ3) is 6.28. The van der Waals surface area contributed by atoms with Crippen LogP contribution in [0.2, 0.25) is 0 Å². The van der Waals surface area contributed by atoms with Crippen molar-refractivity contribution in [3.63, 3.8) is 0 Å². The maximum atomic E-state index is 13.9. The first-order valence-electron chi connectivity index (χ1n) is 16.5. The Labute approximate surface area is 299 Å². The van der Waals surface area contributed by atoms with E-state index in [9.17, 15) is 44.3 Å². The van der Waals surface area contributed by atoms with E-state index in [4.69, 9.17) is 10.00 Å². The molecule has 4 aromatic rings. The summed E-state index contributed by atoms with van der Waals surface area (Å²) in [7, 11) is -3.68. The Hall–Kier alpha value is -5.36. The third-order valence-corrected chi connectivity index (χ3v) is 11.9. The lowest BCUT2D eigenvalue weighted by Gasteiger charge is -2.31. The third-order valence-electron chi connectivity index (χ3n) is 10.00. The molecular formula is C38H29F6N3O5S. The number of nitriles is 1. The second-order valence-corrected chi connectivity index (χ2v) is 15.4. The van der Waals surface area contributed by atoms with Gasteiger partial charge in [-0.15, -0.1) is 0 Å². The molecule has 1 saturated carbocycles. The molecule has 2 aliphatic carbocycles. The summed E-state index contributed by atoms with van der Waals surface area (Å²) in [5.41, 5.74) is -1.99. The highest BCUT2D eigenvalue weighted by molar-refractivity contribution is 7.91. The molecule has 0 saturated heterocycles. The molecule has 2 amide bonds. The Morgan fingerprint density at radius 2 is 1.42 bits per heavy atom. The maximum Gasteiger partial charge on any atom is 0.420 e. The van der Waals surface area contributed by atoms with Gasteiger partial charge < -0.3 is 10.1 Å². The van der Waals surface area contributed by atoms with Gasteiger partial charge in [-0.3, -0.25) is 9.69 Å². The van der Waals surface area contributed by atoms with Gasteiger partial charge in [0, 0.05) is 11.6 Å². The number of anilines is 1. The van der Waals surface area contributed by atoms with Gasteiger partial charge in [-0.1, -0.05) is 66.7 Å². The van der Waals surface area contributed by atoms with E-state index in [0.717, 1.165) is 52.1 Å². The normalized spacial score (nSPS) is 17.1. The smallest absolute Gasteiger partial charge is 0.420 e. The Kier molecular flexibility index (Phi) is 8.80. The summed E-state index contributed by atoms with van der Waals surface area (Å²) in [6.45, 7) is -0.326. The van der Waals surface area contributed by atoms with Gasteiger partial charge in [-0.2, -0.15) is 31.6 Å². The first kappa shape index (κ1) is 36.0. The second kappa shape index (κ2) is 12.9. The first-order chi connectivity index (χ1) is 25.1. The number of halogens is 6. The Morgan fingerprint density at radius 3 is 1.96 bits per heavy atom. The van der Waals surface area contributed by atoms with Crippen molar-refractivity contribution in [3.05, 3.63) is 119 Å². The monoisotopic (exact) mass is 753 g/mol. The molecule has 0 aromatic heterocycles. The number of hydrogen-bond acceptors (Lipinski definition) is 6. The van der Waals surface area contributed by atoms with Crippen LogP contribution >= 0.6 is 0 Å². The zero-order valence-corrected chi connectivity index (χ0v) is 28.4. The molecule has 1 fully saturated rings. The molecule has 4 aromatic carbocycles. The summed E-state index contributed by atoms with van der Waals surface area (Å²) >= 11 is 0. The van der Waals surface area contributed by atoms with Crippen LogP contribution in [0.1, 0.15) is 52.6 Å². The van der Waals surface area contributed by atoms with Crippen LogP contribution in [0.3, 0.4) is 0 Å². The fourth-order valence-corrected chi connectivity index (χ4v) is 8.88. The van der Waals surface area contributed by atoms with Gasteiger partial charge in [-0.05, 0) is 82.0 Å². The van der Waals surface area contributed by atoms with Crippen LogP contribution in [-0.4, -0.2) is 50.0 Å². The Balaban J connectivity index is 1.17.